The van der Waals surface area contributed by atoms with Crippen molar-refractivity contribution in [3.8, 4) is 0 Å². The van der Waals surface area contributed by atoms with Crippen molar-refractivity contribution in [1.82, 2.24) is 0 Å². The maximum Gasteiger partial charge on any atom is 0.311 e. The largest absolute Gasteiger partial charge is 0.452 e. The van der Waals surface area contributed by atoms with Crippen LogP contribution in [0.25, 0.3) is 0 Å². The van der Waals surface area contributed by atoms with E-state index in [0.29, 0.717) is 5.69 Å². The average molecular weight is 376 g/mol. The van der Waals surface area contributed by atoms with Crippen molar-refractivity contribution in [3.63, 3.8) is 0 Å². The highest BCUT2D eigenvalue weighted by Gasteiger charge is 2.18. The Bertz CT molecular complexity index is 698. The zero-order valence-electron chi connectivity index (χ0n) is 13.0. The van der Waals surface area contributed by atoms with E-state index in [1.54, 1.807) is 13.0 Å². The number of anilines is 1. The van der Waals surface area contributed by atoms with Crippen molar-refractivity contribution in [2.75, 3.05) is 5.32 Å². The van der Waals surface area contributed by atoms with E-state index in [-0.39, 0.29) is 12.3 Å². The lowest BCUT2D eigenvalue weighted by molar-refractivity contribution is -0.152. The van der Waals surface area contributed by atoms with Gasteiger partial charge in [0.15, 0.2) is 6.10 Å². The van der Waals surface area contributed by atoms with E-state index in [9.17, 15) is 9.59 Å². The summed E-state index contributed by atoms with van der Waals surface area (Å²) in [5.41, 5.74) is 2.57. The van der Waals surface area contributed by atoms with Crippen molar-refractivity contribution in [2.24, 2.45) is 0 Å². The molecule has 0 saturated heterocycles. The van der Waals surface area contributed by atoms with Gasteiger partial charge in [-0.3, -0.25) is 9.59 Å². The SMILES string of the molecule is Cc1cccc(NC(=O)[C@@H](C)OC(=O)Cc2ccc(Br)cc2)c1. The summed E-state index contributed by atoms with van der Waals surface area (Å²) >= 11 is 3.34. The van der Waals surface area contributed by atoms with Crippen LogP contribution in [0.15, 0.2) is 53.0 Å². The van der Waals surface area contributed by atoms with Crippen LogP contribution in [0.3, 0.4) is 0 Å². The van der Waals surface area contributed by atoms with E-state index in [4.69, 9.17) is 4.74 Å². The molecule has 0 saturated carbocycles. The first-order valence-corrected chi connectivity index (χ1v) is 8.05. The lowest BCUT2D eigenvalue weighted by Gasteiger charge is -2.14. The van der Waals surface area contributed by atoms with Gasteiger partial charge in [0.25, 0.3) is 5.91 Å². The number of hydrogen-bond donors (Lipinski definition) is 1. The molecule has 5 heteroatoms. The van der Waals surface area contributed by atoms with Gasteiger partial charge in [0.2, 0.25) is 0 Å². The lowest BCUT2D eigenvalue weighted by Crippen LogP contribution is -2.30. The topological polar surface area (TPSA) is 55.4 Å². The van der Waals surface area contributed by atoms with Crippen LogP contribution >= 0.6 is 15.9 Å². The third-order valence-corrected chi connectivity index (χ3v) is 3.75. The Morgan fingerprint density at radius 3 is 2.52 bits per heavy atom. The first kappa shape index (κ1) is 17.2. The van der Waals surface area contributed by atoms with Gasteiger partial charge in [-0.05, 0) is 49.2 Å². The molecule has 0 fully saturated rings. The molecule has 0 radical (unpaired) electrons. The summed E-state index contributed by atoms with van der Waals surface area (Å²) in [7, 11) is 0. The lowest BCUT2D eigenvalue weighted by atomic mass is 10.1. The summed E-state index contributed by atoms with van der Waals surface area (Å²) in [5.74, 6) is -0.779. The van der Waals surface area contributed by atoms with Gasteiger partial charge in [0.05, 0.1) is 6.42 Å². The molecule has 1 N–H and O–H groups in total. The highest BCUT2D eigenvalue weighted by atomic mass is 79.9. The van der Waals surface area contributed by atoms with Crippen LogP contribution in [-0.2, 0) is 20.7 Å². The molecule has 0 bridgehead atoms. The van der Waals surface area contributed by atoms with Crippen molar-refractivity contribution < 1.29 is 14.3 Å². The van der Waals surface area contributed by atoms with Crippen LogP contribution in [0.1, 0.15) is 18.1 Å². The van der Waals surface area contributed by atoms with Crippen LogP contribution in [-0.4, -0.2) is 18.0 Å². The third-order valence-electron chi connectivity index (χ3n) is 3.22. The first-order valence-electron chi connectivity index (χ1n) is 7.25. The zero-order chi connectivity index (χ0) is 16.8. The molecule has 0 spiro atoms. The Hall–Kier alpha value is -2.14. The minimum atomic E-state index is -0.849. The fourth-order valence-electron chi connectivity index (χ4n) is 2.03. The maximum atomic E-state index is 12.1. The minimum absolute atomic E-state index is 0.134. The number of rotatable bonds is 5. The Morgan fingerprint density at radius 2 is 1.87 bits per heavy atom. The molecule has 0 aliphatic carbocycles. The molecule has 1 atom stereocenters. The van der Waals surface area contributed by atoms with Crippen molar-refractivity contribution >= 4 is 33.5 Å². The molecule has 2 rings (SSSR count). The predicted molar refractivity (Wildman–Crippen MR) is 93.2 cm³/mol. The molecule has 0 aromatic heterocycles. The number of amides is 1. The second kappa shape index (κ2) is 7.92. The predicted octanol–water partition coefficient (Wildman–Crippen LogP) is 3.87. The van der Waals surface area contributed by atoms with Gasteiger partial charge in [-0.1, -0.05) is 40.2 Å². The molecule has 4 nitrogen and oxygen atoms in total. The number of nitrogens with one attached hydrogen (secondary N) is 1. The van der Waals surface area contributed by atoms with Crippen molar-refractivity contribution in [3.05, 3.63) is 64.1 Å². The fourth-order valence-corrected chi connectivity index (χ4v) is 2.29. The highest BCUT2D eigenvalue weighted by molar-refractivity contribution is 9.10. The van der Waals surface area contributed by atoms with E-state index in [0.717, 1.165) is 15.6 Å². The number of carbonyl (C=O) groups is 2. The van der Waals surface area contributed by atoms with E-state index < -0.39 is 12.1 Å². The van der Waals surface area contributed by atoms with E-state index >= 15 is 0 Å². The van der Waals surface area contributed by atoms with Gasteiger partial charge in [0.1, 0.15) is 0 Å². The number of ether oxygens (including phenoxy) is 1. The molecule has 0 heterocycles. The van der Waals surface area contributed by atoms with Gasteiger partial charge in [-0.25, -0.2) is 0 Å². The summed E-state index contributed by atoms with van der Waals surface area (Å²) in [6, 6.07) is 14.8. The summed E-state index contributed by atoms with van der Waals surface area (Å²) in [5, 5.41) is 2.74. The molecule has 0 aliphatic heterocycles. The molecule has 120 valence electrons. The Kier molecular flexibility index (Phi) is 5.93. The van der Waals surface area contributed by atoms with E-state index in [1.807, 2.05) is 49.4 Å². The average Bonchev–Trinajstić information content (AvgIpc) is 2.49. The van der Waals surface area contributed by atoms with Gasteiger partial charge in [-0.15, -0.1) is 0 Å². The van der Waals surface area contributed by atoms with Gasteiger partial charge < -0.3 is 10.1 Å². The third kappa shape index (κ3) is 5.53. The minimum Gasteiger partial charge on any atom is -0.452 e. The molecule has 2 aromatic rings. The Labute approximate surface area is 144 Å². The summed E-state index contributed by atoms with van der Waals surface area (Å²) < 4.78 is 6.13. The van der Waals surface area contributed by atoms with Crippen LogP contribution in [0.5, 0.6) is 0 Å². The monoisotopic (exact) mass is 375 g/mol. The molecule has 0 aliphatic rings. The van der Waals surface area contributed by atoms with Gasteiger partial charge in [-0.2, -0.15) is 0 Å². The second-order valence-corrected chi connectivity index (χ2v) is 6.21. The summed E-state index contributed by atoms with van der Waals surface area (Å²) in [4.78, 5) is 24.0. The van der Waals surface area contributed by atoms with E-state index in [1.165, 1.54) is 0 Å². The first-order chi connectivity index (χ1) is 10.9. The van der Waals surface area contributed by atoms with Gasteiger partial charge >= 0.3 is 5.97 Å². The van der Waals surface area contributed by atoms with Crippen LogP contribution in [0, 0.1) is 6.92 Å². The van der Waals surface area contributed by atoms with E-state index in [2.05, 4.69) is 21.2 Å². The summed E-state index contributed by atoms with van der Waals surface area (Å²) in [6.45, 7) is 3.50. The van der Waals surface area contributed by atoms with Crippen LogP contribution in [0.4, 0.5) is 5.69 Å². The second-order valence-electron chi connectivity index (χ2n) is 5.29. The molecule has 0 unspecified atom stereocenters. The van der Waals surface area contributed by atoms with Crippen LogP contribution < -0.4 is 5.32 Å². The Morgan fingerprint density at radius 1 is 1.17 bits per heavy atom. The molecule has 1 amide bonds. The molecule has 2 aromatic carbocycles. The van der Waals surface area contributed by atoms with Gasteiger partial charge in [0, 0.05) is 10.2 Å². The van der Waals surface area contributed by atoms with Crippen molar-refractivity contribution in [1.29, 1.82) is 0 Å². The normalized spacial score (nSPS) is 11.6. The zero-order valence-corrected chi connectivity index (χ0v) is 14.6. The number of benzene rings is 2. The van der Waals surface area contributed by atoms with Crippen LogP contribution in [0.2, 0.25) is 0 Å². The fraction of sp³-hybridized carbons (Fsp3) is 0.222. The highest BCUT2D eigenvalue weighted by Crippen LogP contribution is 2.13. The molecular formula is C18H18BrNO3. The summed E-state index contributed by atoms with van der Waals surface area (Å²) in [6.07, 6.45) is -0.714. The maximum absolute atomic E-state index is 12.1. The Balaban J connectivity index is 1.87. The number of carbonyl (C=O) groups excluding carboxylic acids is 2. The van der Waals surface area contributed by atoms with Crippen molar-refractivity contribution in [2.45, 2.75) is 26.4 Å². The number of hydrogen-bond acceptors (Lipinski definition) is 3. The number of esters is 1. The quantitative estimate of drug-likeness (QED) is 0.806. The standard InChI is InChI=1S/C18H18BrNO3/c1-12-4-3-5-16(10-12)20-18(22)13(2)23-17(21)11-14-6-8-15(19)9-7-14/h3-10,13H,11H2,1-2H3,(H,20,22)/t13-/m1/s1. The smallest absolute Gasteiger partial charge is 0.311 e. The number of aryl methyl sites for hydroxylation is 1. The number of halogens is 1. The molecule has 23 heavy (non-hydrogen) atoms. The molecular weight excluding hydrogens is 358 g/mol.